The molecule has 0 aliphatic rings. The van der Waals surface area contributed by atoms with E-state index in [-0.39, 0.29) is 23.9 Å². The molecule has 1 N–H and O–H groups in total. The second-order valence-corrected chi connectivity index (χ2v) is 8.35. The van der Waals surface area contributed by atoms with Crippen LogP contribution in [0, 0.1) is 0 Å². The highest BCUT2D eigenvalue weighted by Crippen LogP contribution is 2.17. The van der Waals surface area contributed by atoms with Crippen LogP contribution in [-0.4, -0.2) is 25.1 Å². The van der Waals surface area contributed by atoms with Gasteiger partial charge in [-0.3, -0.25) is 18.6 Å². The van der Waals surface area contributed by atoms with Crippen LogP contribution in [-0.2, 0) is 17.8 Å². The first kappa shape index (κ1) is 21.6. The third-order valence-corrected chi connectivity index (χ3v) is 6.01. The Hall–Kier alpha value is -4.26. The minimum absolute atomic E-state index is 0.0602. The van der Waals surface area contributed by atoms with E-state index in [4.69, 9.17) is 0 Å². The van der Waals surface area contributed by atoms with Crippen LogP contribution >= 0.6 is 0 Å². The standard InChI is InChI=1S/C27H25N5O2/c1-19(21-12-6-3-7-13-21)28-25(33)17-16-24-29-30-27-31(18-20-10-4-2-5-11-20)26(34)22-14-8-9-15-23(22)32(24)27/h2-15,19H,16-18H2,1H3,(H,28,33)/t19-/m0/s1. The van der Waals surface area contributed by atoms with Crippen molar-refractivity contribution in [3.8, 4) is 0 Å². The van der Waals surface area contributed by atoms with Gasteiger partial charge in [-0.05, 0) is 30.2 Å². The molecule has 2 aromatic heterocycles. The van der Waals surface area contributed by atoms with Crippen LogP contribution in [0.5, 0.6) is 0 Å². The predicted octanol–water partition coefficient (Wildman–Crippen LogP) is 3.90. The highest BCUT2D eigenvalue weighted by atomic mass is 16.1. The quantitative estimate of drug-likeness (QED) is 0.407. The van der Waals surface area contributed by atoms with Crippen molar-refractivity contribution in [2.24, 2.45) is 0 Å². The molecule has 1 atom stereocenters. The Balaban J connectivity index is 1.46. The summed E-state index contributed by atoms with van der Waals surface area (Å²) < 4.78 is 3.54. The Morgan fingerprint density at radius 2 is 1.59 bits per heavy atom. The second kappa shape index (κ2) is 9.31. The van der Waals surface area contributed by atoms with Crippen LogP contribution in [0.1, 0.15) is 36.3 Å². The smallest absolute Gasteiger partial charge is 0.263 e. The Bertz CT molecular complexity index is 1510. The maximum atomic E-state index is 13.3. The van der Waals surface area contributed by atoms with Gasteiger partial charge < -0.3 is 5.32 Å². The van der Waals surface area contributed by atoms with Crippen molar-refractivity contribution in [1.82, 2.24) is 24.5 Å². The van der Waals surface area contributed by atoms with E-state index >= 15 is 0 Å². The Labute approximate surface area is 196 Å². The zero-order chi connectivity index (χ0) is 23.5. The summed E-state index contributed by atoms with van der Waals surface area (Å²) in [7, 11) is 0. The van der Waals surface area contributed by atoms with Gasteiger partial charge in [0.25, 0.3) is 5.56 Å². The molecule has 7 nitrogen and oxygen atoms in total. The minimum atomic E-state index is -0.111. The number of para-hydroxylation sites is 1. The van der Waals surface area contributed by atoms with E-state index < -0.39 is 0 Å². The van der Waals surface area contributed by atoms with Crippen molar-refractivity contribution in [3.05, 3.63) is 112 Å². The molecule has 0 unspecified atom stereocenters. The number of amides is 1. The Kier molecular flexibility index (Phi) is 5.91. The van der Waals surface area contributed by atoms with Gasteiger partial charge in [-0.2, -0.15) is 0 Å². The summed E-state index contributed by atoms with van der Waals surface area (Å²) in [4.78, 5) is 26.0. The van der Waals surface area contributed by atoms with Gasteiger partial charge in [-0.1, -0.05) is 72.8 Å². The second-order valence-electron chi connectivity index (χ2n) is 8.35. The van der Waals surface area contributed by atoms with Gasteiger partial charge in [0.15, 0.2) is 0 Å². The van der Waals surface area contributed by atoms with Gasteiger partial charge in [0.05, 0.1) is 23.5 Å². The molecule has 1 amide bonds. The topological polar surface area (TPSA) is 81.3 Å². The van der Waals surface area contributed by atoms with Crippen molar-refractivity contribution in [3.63, 3.8) is 0 Å². The third kappa shape index (κ3) is 4.20. The molecule has 0 radical (unpaired) electrons. The van der Waals surface area contributed by atoms with Gasteiger partial charge >= 0.3 is 0 Å². The number of nitrogens with one attached hydrogen (secondary N) is 1. The number of aromatic nitrogens is 4. The average molecular weight is 452 g/mol. The molecule has 0 saturated carbocycles. The van der Waals surface area contributed by atoms with Gasteiger partial charge in [0, 0.05) is 12.8 Å². The van der Waals surface area contributed by atoms with Crippen molar-refractivity contribution >= 4 is 22.6 Å². The van der Waals surface area contributed by atoms with Crippen molar-refractivity contribution in [2.45, 2.75) is 32.4 Å². The molecular weight excluding hydrogens is 426 g/mol. The number of nitrogens with zero attached hydrogens (tertiary/aromatic N) is 4. The van der Waals surface area contributed by atoms with E-state index in [1.807, 2.05) is 96.3 Å². The summed E-state index contributed by atoms with van der Waals surface area (Å²) in [6, 6.07) is 27.0. The lowest BCUT2D eigenvalue weighted by atomic mass is 10.1. The molecule has 0 fully saturated rings. The fourth-order valence-electron chi connectivity index (χ4n) is 4.25. The molecule has 5 rings (SSSR count). The molecule has 0 saturated heterocycles. The molecule has 0 aliphatic heterocycles. The SMILES string of the molecule is C[C@H](NC(=O)CCc1nnc2n(Cc3ccccc3)c(=O)c3ccccc3n12)c1ccccc1. The highest BCUT2D eigenvalue weighted by molar-refractivity contribution is 5.80. The number of carbonyl (C=O) groups excluding carboxylic acids is 1. The maximum Gasteiger partial charge on any atom is 0.263 e. The summed E-state index contributed by atoms with van der Waals surface area (Å²) >= 11 is 0. The van der Waals surface area contributed by atoms with Crippen molar-refractivity contribution < 1.29 is 4.79 Å². The van der Waals surface area contributed by atoms with Crippen LogP contribution < -0.4 is 10.9 Å². The van der Waals surface area contributed by atoms with E-state index in [0.29, 0.717) is 30.0 Å². The molecular formula is C27H25N5O2. The first-order chi connectivity index (χ1) is 16.6. The van der Waals surface area contributed by atoms with Crippen molar-refractivity contribution in [2.75, 3.05) is 0 Å². The fraction of sp³-hybridized carbons (Fsp3) is 0.185. The molecule has 0 spiro atoms. The average Bonchev–Trinajstić information content (AvgIpc) is 3.30. The van der Waals surface area contributed by atoms with Crippen LogP contribution in [0.3, 0.4) is 0 Å². The molecule has 0 bridgehead atoms. The van der Waals surface area contributed by atoms with Gasteiger partial charge in [-0.15, -0.1) is 10.2 Å². The number of aryl methyl sites for hydroxylation is 1. The Morgan fingerprint density at radius 3 is 2.35 bits per heavy atom. The lowest BCUT2D eigenvalue weighted by Gasteiger charge is -2.14. The molecule has 0 aliphatic carbocycles. The largest absolute Gasteiger partial charge is 0.350 e. The number of fused-ring (bicyclic) bond motifs is 3. The molecule has 7 heteroatoms. The summed E-state index contributed by atoms with van der Waals surface area (Å²) in [6.45, 7) is 2.36. The van der Waals surface area contributed by atoms with Gasteiger partial charge in [-0.25, -0.2) is 0 Å². The number of hydrogen-bond donors (Lipinski definition) is 1. The monoisotopic (exact) mass is 451 g/mol. The van der Waals surface area contributed by atoms with E-state index in [1.54, 1.807) is 4.57 Å². The summed E-state index contributed by atoms with van der Waals surface area (Å²) in [5.41, 5.74) is 2.69. The van der Waals surface area contributed by atoms with E-state index in [1.165, 1.54) is 0 Å². The van der Waals surface area contributed by atoms with Crippen LogP contribution in [0.4, 0.5) is 0 Å². The Morgan fingerprint density at radius 1 is 0.912 bits per heavy atom. The zero-order valence-corrected chi connectivity index (χ0v) is 18.9. The maximum absolute atomic E-state index is 13.3. The lowest BCUT2D eigenvalue weighted by Crippen LogP contribution is -2.27. The van der Waals surface area contributed by atoms with Crippen LogP contribution in [0.2, 0.25) is 0 Å². The number of benzene rings is 3. The van der Waals surface area contributed by atoms with Crippen LogP contribution in [0.15, 0.2) is 89.7 Å². The van der Waals surface area contributed by atoms with Crippen molar-refractivity contribution in [1.29, 1.82) is 0 Å². The highest BCUT2D eigenvalue weighted by Gasteiger charge is 2.18. The summed E-state index contributed by atoms with van der Waals surface area (Å²) in [5.74, 6) is 1.06. The molecule has 2 heterocycles. The van der Waals surface area contributed by atoms with E-state index in [9.17, 15) is 9.59 Å². The van der Waals surface area contributed by atoms with E-state index in [2.05, 4.69) is 15.5 Å². The predicted molar refractivity (Wildman–Crippen MR) is 132 cm³/mol. The fourth-order valence-corrected chi connectivity index (χ4v) is 4.25. The van der Waals surface area contributed by atoms with Crippen LogP contribution in [0.25, 0.3) is 16.7 Å². The summed E-state index contributed by atoms with van der Waals surface area (Å²) in [6.07, 6.45) is 0.673. The normalized spacial score (nSPS) is 12.1. The lowest BCUT2D eigenvalue weighted by molar-refractivity contribution is -0.121. The molecule has 5 aromatic rings. The first-order valence-electron chi connectivity index (χ1n) is 11.4. The summed E-state index contributed by atoms with van der Waals surface area (Å²) in [5, 5.41) is 12.4. The first-order valence-corrected chi connectivity index (χ1v) is 11.4. The van der Waals surface area contributed by atoms with Gasteiger partial charge in [0.2, 0.25) is 11.7 Å². The minimum Gasteiger partial charge on any atom is -0.350 e. The van der Waals surface area contributed by atoms with Gasteiger partial charge in [0.1, 0.15) is 5.82 Å². The number of rotatable bonds is 7. The molecule has 34 heavy (non-hydrogen) atoms. The number of hydrogen-bond acceptors (Lipinski definition) is 4. The molecule has 3 aromatic carbocycles. The van der Waals surface area contributed by atoms with E-state index in [0.717, 1.165) is 16.6 Å². The molecule has 170 valence electrons. The zero-order valence-electron chi connectivity index (χ0n) is 18.9. The number of carbonyl (C=O) groups is 1. The third-order valence-electron chi connectivity index (χ3n) is 6.01.